The fourth-order valence-corrected chi connectivity index (χ4v) is 4.43. The van der Waals surface area contributed by atoms with E-state index in [0.29, 0.717) is 27.9 Å². The molecule has 7 heteroatoms. The quantitative estimate of drug-likeness (QED) is 0.562. The number of benzene rings is 1. The maximum Gasteiger partial charge on any atom is 0.261 e. The highest BCUT2D eigenvalue weighted by Gasteiger charge is 2.19. The van der Waals surface area contributed by atoms with Gasteiger partial charge in [0.2, 0.25) is 0 Å². The largest absolute Gasteiger partial charge is 0.507 e. The fraction of sp³-hybridized carbons (Fsp3) is 0.364. The summed E-state index contributed by atoms with van der Waals surface area (Å²) < 4.78 is 3.56. The molecule has 1 aliphatic rings. The molecule has 1 saturated carbocycles. The number of aromatic hydroxyl groups is 1. The van der Waals surface area contributed by atoms with Gasteiger partial charge in [-0.1, -0.05) is 19.3 Å². The van der Waals surface area contributed by atoms with Crippen molar-refractivity contribution < 1.29 is 5.11 Å². The van der Waals surface area contributed by atoms with Crippen LogP contribution in [0.5, 0.6) is 5.75 Å². The van der Waals surface area contributed by atoms with Gasteiger partial charge >= 0.3 is 0 Å². The molecule has 29 heavy (non-hydrogen) atoms. The predicted octanol–water partition coefficient (Wildman–Crippen LogP) is 3.86. The molecule has 1 N–H and O–H groups in total. The zero-order valence-electron chi connectivity index (χ0n) is 16.6. The summed E-state index contributed by atoms with van der Waals surface area (Å²) in [4.78, 5) is 22.0. The van der Waals surface area contributed by atoms with E-state index in [9.17, 15) is 9.90 Å². The van der Waals surface area contributed by atoms with Gasteiger partial charge in [0.25, 0.3) is 5.56 Å². The van der Waals surface area contributed by atoms with Gasteiger partial charge in [0.05, 0.1) is 22.0 Å². The second kappa shape index (κ2) is 6.69. The van der Waals surface area contributed by atoms with Gasteiger partial charge in [0.15, 0.2) is 5.82 Å². The molecule has 0 amide bonds. The highest BCUT2D eigenvalue weighted by atomic mass is 16.3. The third-order valence-electron chi connectivity index (χ3n) is 6.01. The number of fused-ring (bicyclic) bond motifs is 2. The van der Waals surface area contributed by atoms with Crippen LogP contribution in [0.25, 0.3) is 33.2 Å². The number of hydrogen-bond donors (Lipinski definition) is 1. The minimum atomic E-state index is -0.0379. The molecule has 7 nitrogen and oxygen atoms in total. The van der Waals surface area contributed by atoms with Crippen molar-refractivity contribution in [1.82, 2.24) is 24.3 Å². The Bertz CT molecular complexity index is 1300. The molecule has 148 valence electrons. The molecule has 3 aromatic heterocycles. The van der Waals surface area contributed by atoms with Crippen LogP contribution in [-0.2, 0) is 7.05 Å². The number of pyridine rings is 1. The molecule has 0 unspecified atom stereocenters. The zero-order chi connectivity index (χ0) is 20.1. The first-order valence-electron chi connectivity index (χ1n) is 10.1. The van der Waals surface area contributed by atoms with E-state index < -0.39 is 0 Å². The maximum atomic E-state index is 13.0. The third-order valence-corrected chi connectivity index (χ3v) is 6.01. The summed E-state index contributed by atoms with van der Waals surface area (Å²) >= 11 is 0. The van der Waals surface area contributed by atoms with E-state index in [1.165, 1.54) is 19.3 Å². The van der Waals surface area contributed by atoms with Gasteiger partial charge in [-0.15, -0.1) is 0 Å². The standard InChI is InChI=1S/C22H23N5O2/c1-13-19-14(12-26(2)25-19)10-16(20(13)28)21-23-11-17-18(24-21)8-9-27(22(17)29)15-6-4-3-5-7-15/h8-12,15,28H,3-7H2,1-2H3. The first kappa shape index (κ1) is 17.8. The lowest BCUT2D eigenvalue weighted by Gasteiger charge is -2.24. The van der Waals surface area contributed by atoms with E-state index in [1.54, 1.807) is 10.9 Å². The molecule has 0 saturated heterocycles. The van der Waals surface area contributed by atoms with Gasteiger partial charge in [0, 0.05) is 42.6 Å². The molecular weight excluding hydrogens is 366 g/mol. The van der Waals surface area contributed by atoms with Gasteiger partial charge in [-0.2, -0.15) is 5.10 Å². The van der Waals surface area contributed by atoms with E-state index >= 15 is 0 Å². The molecule has 0 bridgehead atoms. The van der Waals surface area contributed by atoms with Crippen molar-refractivity contribution >= 4 is 21.8 Å². The van der Waals surface area contributed by atoms with E-state index in [-0.39, 0.29) is 17.4 Å². The molecule has 1 aliphatic carbocycles. The lowest BCUT2D eigenvalue weighted by molar-refractivity contribution is 0.347. The van der Waals surface area contributed by atoms with Crippen LogP contribution in [0.2, 0.25) is 0 Å². The molecule has 0 aliphatic heterocycles. The Hall–Kier alpha value is -3.22. The van der Waals surface area contributed by atoms with Crippen molar-refractivity contribution in [1.29, 1.82) is 0 Å². The lowest BCUT2D eigenvalue weighted by Crippen LogP contribution is -2.26. The summed E-state index contributed by atoms with van der Waals surface area (Å²) in [6.45, 7) is 1.83. The first-order chi connectivity index (χ1) is 14.0. The normalized spacial score (nSPS) is 15.4. The number of aryl methyl sites for hydroxylation is 2. The van der Waals surface area contributed by atoms with Crippen LogP contribution in [0, 0.1) is 6.92 Å². The predicted molar refractivity (Wildman–Crippen MR) is 112 cm³/mol. The van der Waals surface area contributed by atoms with Gasteiger partial charge in [-0.25, -0.2) is 9.97 Å². The lowest BCUT2D eigenvalue weighted by atomic mass is 9.95. The van der Waals surface area contributed by atoms with Gasteiger partial charge in [0.1, 0.15) is 5.75 Å². The highest BCUT2D eigenvalue weighted by molar-refractivity contribution is 5.90. The van der Waals surface area contributed by atoms with Crippen LogP contribution in [0.4, 0.5) is 0 Å². The number of aromatic nitrogens is 5. The number of phenolic OH excluding ortho intramolecular Hbond substituents is 1. The molecular formula is C22H23N5O2. The molecule has 1 fully saturated rings. The average Bonchev–Trinajstić information content (AvgIpc) is 3.12. The van der Waals surface area contributed by atoms with E-state index in [0.717, 1.165) is 23.7 Å². The van der Waals surface area contributed by atoms with Crippen LogP contribution < -0.4 is 5.56 Å². The molecule has 3 heterocycles. The SMILES string of the molecule is Cc1c(O)c(-c2ncc3c(=O)n(C4CCCCC4)ccc3n2)cc2cn(C)nc12. The Labute approximate surface area is 167 Å². The molecule has 0 atom stereocenters. The van der Waals surface area contributed by atoms with Crippen molar-refractivity contribution in [2.75, 3.05) is 0 Å². The monoisotopic (exact) mass is 389 g/mol. The summed E-state index contributed by atoms with van der Waals surface area (Å²) in [5.41, 5.74) is 2.54. The van der Waals surface area contributed by atoms with Crippen molar-refractivity contribution in [2.24, 2.45) is 7.05 Å². The van der Waals surface area contributed by atoms with Crippen LogP contribution in [-0.4, -0.2) is 29.4 Å². The van der Waals surface area contributed by atoms with E-state index in [1.807, 2.05) is 43.1 Å². The summed E-state index contributed by atoms with van der Waals surface area (Å²) in [6, 6.07) is 3.98. The maximum absolute atomic E-state index is 13.0. The Kier molecular flexibility index (Phi) is 4.12. The van der Waals surface area contributed by atoms with Crippen LogP contribution in [0.3, 0.4) is 0 Å². The van der Waals surface area contributed by atoms with Crippen LogP contribution in [0.15, 0.2) is 35.5 Å². The van der Waals surface area contributed by atoms with Crippen molar-refractivity contribution in [2.45, 2.75) is 45.1 Å². The molecule has 4 aromatic rings. The van der Waals surface area contributed by atoms with Gasteiger partial charge in [-0.05, 0) is 31.9 Å². The average molecular weight is 389 g/mol. The van der Waals surface area contributed by atoms with Crippen molar-refractivity contribution in [3.05, 3.63) is 46.6 Å². The zero-order valence-corrected chi connectivity index (χ0v) is 16.6. The summed E-state index contributed by atoms with van der Waals surface area (Å²) in [7, 11) is 1.85. The summed E-state index contributed by atoms with van der Waals surface area (Å²) in [6.07, 6.45) is 11.0. The fourth-order valence-electron chi connectivity index (χ4n) is 4.43. The number of rotatable bonds is 2. The number of hydrogen-bond acceptors (Lipinski definition) is 5. The molecule has 1 aromatic carbocycles. The Morgan fingerprint density at radius 3 is 2.79 bits per heavy atom. The number of nitrogens with zero attached hydrogens (tertiary/aromatic N) is 5. The van der Waals surface area contributed by atoms with Gasteiger partial charge < -0.3 is 9.67 Å². The van der Waals surface area contributed by atoms with Crippen LogP contribution >= 0.6 is 0 Å². The molecule has 5 rings (SSSR count). The minimum Gasteiger partial charge on any atom is -0.507 e. The molecule has 0 radical (unpaired) electrons. The minimum absolute atomic E-state index is 0.0379. The van der Waals surface area contributed by atoms with Gasteiger partial charge in [-0.3, -0.25) is 9.48 Å². The first-order valence-corrected chi connectivity index (χ1v) is 10.1. The number of phenols is 1. The Balaban J connectivity index is 1.63. The smallest absolute Gasteiger partial charge is 0.261 e. The third kappa shape index (κ3) is 2.88. The second-order valence-corrected chi connectivity index (χ2v) is 7.95. The summed E-state index contributed by atoms with van der Waals surface area (Å²) in [5, 5.41) is 16.5. The van der Waals surface area contributed by atoms with Crippen molar-refractivity contribution in [3.8, 4) is 17.1 Å². The van der Waals surface area contributed by atoms with Crippen molar-refractivity contribution in [3.63, 3.8) is 0 Å². The van der Waals surface area contributed by atoms with E-state index in [2.05, 4.69) is 15.1 Å². The van der Waals surface area contributed by atoms with Crippen LogP contribution in [0.1, 0.15) is 43.7 Å². The Morgan fingerprint density at radius 2 is 2.00 bits per heavy atom. The summed E-state index contributed by atoms with van der Waals surface area (Å²) in [5.74, 6) is 0.518. The molecule has 0 spiro atoms. The topological polar surface area (TPSA) is 85.8 Å². The Morgan fingerprint density at radius 1 is 1.21 bits per heavy atom. The highest BCUT2D eigenvalue weighted by Crippen LogP contribution is 2.35. The van der Waals surface area contributed by atoms with E-state index in [4.69, 9.17) is 0 Å². The second-order valence-electron chi connectivity index (χ2n) is 7.95.